The molecule has 0 spiro atoms. The van der Waals surface area contributed by atoms with Gasteiger partial charge in [-0.2, -0.15) is 0 Å². The first-order valence-corrected chi connectivity index (χ1v) is 6.18. The molecule has 1 aromatic heterocycles. The van der Waals surface area contributed by atoms with Crippen molar-refractivity contribution in [2.75, 3.05) is 11.4 Å². The van der Waals surface area contributed by atoms with Gasteiger partial charge in [-0.15, -0.1) is 10.2 Å². The van der Waals surface area contributed by atoms with Crippen LogP contribution in [-0.4, -0.2) is 33.9 Å². The number of β-amino-alcohol motifs (C(OH)–C–C–N with tert-alkyl or cyclic N) is 1. The van der Waals surface area contributed by atoms with Gasteiger partial charge < -0.3 is 5.11 Å². The zero-order valence-corrected chi connectivity index (χ0v) is 10.2. The van der Waals surface area contributed by atoms with Crippen molar-refractivity contribution < 1.29 is 9.90 Å². The summed E-state index contributed by atoms with van der Waals surface area (Å²) in [6.07, 6.45) is 0.506. The molecule has 16 heavy (non-hydrogen) atoms. The molecule has 1 atom stereocenters. The molecule has 5 nitrogen and oxygen atoms in total. The predicted octanol–water partition coefficient (Wildman–Crippen LogP) is 0.834. The molecule has 1 aromatic rings. The zero-order valence-electron chi connectivity index (χ0n) is 9.38. The van der Waals surface area contributed by atoms with E-state index < -0.39 is 6.10 Å². The fourth-order valence-corrected chi connectivity index (χ4v) is 2.74. The van der Waals surface area contributed by atoms with Crippen LogP contribution in [0.3, 0.4) is 0 Å². The van der Waals surface area contributed by atoms with Crippen LogP contribution in [0.1, 0.15) is 25.3 Å². The Morgan fingerprint density at radius 1 is 1.56 bits per heavy atom. The van der Waals surface area contributed by atoms with Crippen LogP contribution in [0.4, 0.5) is 5.13 Å². The van der Waals surface area contributed by atoms with Gasteiger partial charge in [0.15, 0.2) is 0 Å². The monoisotopic (exact) mass is 241 g/mol. The number of nitrogens with zero attached hydrogens (tertiary/aromatic N) is 3. The van der Waals surface area contributed by atoms with Crippen molar-refractivity contribution >= 4 is 22.4 Å². The highest BCUT2D eigenvalue weighted by Crippen LogP contribution is 2.26. The van der Waals surface area contributed by atoms with Crippen LogP contribution in [0.5, 0.6) is 0 Å². The van der Waals surface area contributed by atoms with Crippen molar-refractivity contribution in [2.24, 2.45) is 5.92 Å². The minimum atomic E-state index is -0.565. The van der Waals surface area contributed by atoms with E-state index >= 15 is 0 Å². The second-order valence-corrected chi connectivity index (χ2v) is 5.48. The number of carbonyl (C=O) groups excluding carboxylic acids is 1. The highest BCUT2D eigenvalue weighted by molar-refractivity contribution is 7.15. The quantitative estimate of drug-likeness (QED) is 0.851. The maximum absolute atomic E-state index is 11.5. The van der Waals surface area contributed by atoms with E-state index in [2.05, 4.69) is 24.0 Å². The molecule has 88 valence electrons. The maximum Gasteiger partial charge on any atom is 0.231 e. The molecule has 0 bridgehead atoms. The molecule has 0 aromatic carbocycles. The van der Waals surface area contributed by atoms with E-state index in [0.29, 0.717) is 17.6 Å². The molecule has 1 fully saturated rings. The third kappa shape index (κ3) is 2.38. The molecule has 1 aliphatic heterocycles. The molecule has 1 unspecified atom stereocenters. The topological polar surface area (TPSA) is 66.3 Å². The fourth-order valence-electron chi connectivity index (χ4n) is 1.66. The van der Waals surface area contributed by atoms with Gasteiger partial charge in [0.2, 0.25) is 11.0 Å². The molecule has 1 amide bonds. The highest BCUT2D eigenvalue weighted by atomic mass is 32.1. The summed E-state index contributed by atoms with van der Waals surface area (Å²) < 4.78 is 0. The van der Waals surface area contributed by atoms with E-state index in [9.17, 15) is 9.90 Å². The van der Waals surface area contributed by atoms with Crippen LogP contribution in [0.2, 0.25) is 0 Å². The minimum Gasteiger partial charge on any atom is -0.391 e. The minimum absolute atomic E-state index is 0.0697. The summed E-state index contributed by atoms with van der Waals surface area (Å²) in [6, 6.07) is 0. The molecular weight excluding hydrogens is 226 g/mol. The van der Waals surface area contributed by atoms with Crippen molar-refractivity contribution in [1.29, 1.82) is 0 Å². The summed E-state index contributed by atoms with van der Waals surface area (Å²) in [5.74, 6) is 0.459. The first-order valence-electron chi connectivity index (χ1n) is 5.37. The largest absolute Gasteiger partial charge is 0.391 e. The van der Waals surface area contributed by atoms with E-state index in [4.69, 9.17) is 0 Å². The van der Waals surface area contributed by atoms with Crippen molar-refractivity contribution in [3.05, 3.63) is 5.01 Å². The normalized spacial score (nSPS) is 21.1. The van der Waals surface area contributed by atoms with Gasteiger partial charge in [0, 0.05) is 6.42 Å². The number of aromatic nitrogens is 2. The third-order valence-corrected chi connectivity index (χ3v) is 3.34. The summed E-state index contributed by atoms with van der Waals surface area (Å²) in [5.41, 5.74) is 0. The summed E-state index contributed by atoms with van der Waals surface area (Å²) >= 11 is 1.44. The van der Waals surface area contributed by atoms with Crippen LogP contribution >= 0.6 is 11.3 Å². The van der Waals surface area contributed by atoms with Gasteiger partial charge in [-0.05, 0) is 5.92 Å². The highest BCUT2D eigenvalue weighted by Gasteiger charge is 2.31. The number of anilines is 1. The smallest absolute Gasteiger partial charge is 0.231 e. The van der Waals surface area contributed by atoms with Gasteiger partial charge in [-0.3, -0.25) is 9.69 Å². The lowest BCUT2D eigenvalue weighted by molar-refractivity contribution is -0.117. The van der Waals surface area contributed by atoms with Crippen LogP contribution in [0.15, 0.2) is 0 Å². The molecule has 2 rings (SSSR count). The Morgan fingerprint density at radius 3 is 2.88 bits per heavy atom. The lowest BCUT2D eigenvalue weighted by Gasteiger charge is -2.09. The first-order chi connectivity index (χ1) is 7.56. The standard InChI is InChI=1S/C10H15N3O2S/c1-6(2)3-8-11-12-10(16-8)13-5-7(14)4-9(13)15/h6-7,14H,3-5H2,1-2H3. The maximum atomic E-state index is 11.5. The molecule has 0 aliphatic carbocycles. The Balaban J connectivity index is 2.10. The summed E-state index contributed by atoms with van der Waals surface area (Å²) in [4.78, 5) is 13.0. The van der Waals surface area contributed by atoms with E-state index in [1.807, 2.05) is 0 Å². The Bertz CT molecular complexity index is 391. The van der Waals surface area contributed by atoms with Gasteiger partial charge in [0.05, 0.1) is 19.1 Å². The van der Waals surface area contributed by atoms with Crippen LogP contribution in [-0.2, 0) is 11.2 Å². The molecule has 6 heteroatoms. The predicted molar refractivity (Wildman–Crippen MR) is 61.4 cm³/mol. The number of hydrogen-bond acceptors (Lipinski definition) is 5. The van der Waals surface area contributed by atoms with E-state index in [1.165, 1.54) is 16.2 Å². The molecule has 0 saturated carbocycles. The number of aliphatic hydroxyl groups excluding tert-OH is 1. The number of aliphatic hydroxyl groups is 1. The van der Waals surface area contributed by atoms with E-state index in [-0.39, 0.29) is 12.3 Å². The van der Waals surface area contributed by atoms with Crippen molar-refractivity contribution in [2.45, 2.75) is 32.8 Å². The van der Waals surface area contributed by atoms with Gasteiger partial charge in [-0.25, -0.2) is 0 Å². The SMILES string of the molecule is CC(C)Cc1nnc(N2CC(O)CC2=O)s1. The average Bonchev–Trinajstić information content (AvgIpc) is 2.72. The lowest BCUT2D eigenvalue weighted by Crippen LogP contribution is -2.24. The van der Waals surface area contributed by atoms with Crippen molar-refractivity contribution in [1.82, 2.24) is 10.2 Å². The third-order valence-electron chi connectivity index (χ3n) is 2.37. The van der Waals surface area contributed by atoms with Gasteiger partial charge >= 0.3 is 0 Å². The zero-order chi connectivity index (χ0) is 11.7. The number of carbonyl (C=O) groups is 1. The van der Waals surface area contributed by atoms with Gasteiger partial charge in [0.1, 0.15) is 5.01 Å². The average molecular weight is 241 g/mol. The Morgan fingerprint density at radius 2 is 2.31 bits per heavy atom. The Hall–Kier alpha value is -1.01. The molecule has 1 aliphatic rings. The number of rotatable bonds is 3. The van der Waals surface area contributed by atoms with Crippen molar-refractivity contribution in [3.8, 4) is 0 Å². The molecule has 2 heterocycles. The Kier molecular flexibility index (Phi) is 3.20. The molecule has 1 N–H and O–H groups in total. The molecule has 1 saturated heterocycles. The van der Waals surface area contributed by atoms with E-state index in [1.54, 1.807) is 0 Å². The van der Waals surface area contributed by atoms with Crippen molar-refractivity contribution in [3.63, 3.8) is 0 Å². The lowest BCUT2D eigenvalue weighted by atomic mass is 10.1. The Labute approximate surface area is 98.1 Å². The first kappa shape index (κ1) is 11.5. The second kappa shape index (κ2) is 4.47. The number of amides is 1. The van der Waals surface area contributed by atoms with E-state index in [0.717, 1.165) is 11.4 Å². The van der Waals surface area contributed by atoms with Crippen LogP contribution in [0, 0.1) is 5.92 Å². The molecular formula is C10H15N3O2S. The summed E-state index contributed by atoms with van der Waals surface area (Å²) in [7, 11) is 0. The van der Waals surface area contributed by atoms with Gasteiger partial charge in [-0.1, -0.05) is 25.2 Å². The van der Waals surface area contributed by atoms with Gasteiger partial charge in [0.25, 0.3) is 0 Å². The second-order valence-electron chi connectivity index (χ2n) is 4.44. The van der Waals surface area contributed by atoms with Crippen LogP contribution < -0.4 is 4.90 Å². The fraction of sp³-hybridized carbons (Fsp3) is 0.700. The molecule has 0 radical (unpaired) electrons. The summed E-state index contributed by atoms with van der Waals surface area (Å²) in [6.45, 7) is 4.58. The number of hydrogen-bond donors (Lipinski definition) is 1. The van der Waals surface area contributed by atoms with Crippen LogP contribution in [0.25, 0.3) is 0 Å². The summed E-state index contributed by atoms with van der Waals surface area (Å²) in [5, 5.41) is 19.0.